The van der Waals surface area contributed by atoms with E-state index >= 15 is 0 Å². The number of fused-ring (bicyclic) bond motifs is 7. The van der Waals surface area contributed by atoms with E-state index in [4.69, 9.17) is 4.74 Å². The second kappa shape index (κ2) is 6.62. The van der Waals surface area contributed by atoms with Gasteiger partial charge in [-0.25, -0.2) is 0 Å². The van der Waals surface area contributed by atoms with Crippen LogP contribution in [0.4, 0.5) is 0 Å². The molecule has 41 heavy (non-hydrogen) atoms. The molecule has 1 atom stereocenters. The van der Waals surface area contributed by atoms with Gasteiger partial charge < -0.3 is 9.14 Å². The Kier molecular flexibility index (Phi) is 3.30. The average Bonchev–Trinajstić information content (AvgIpc) is 3.66. The lowest BCUT2D eigenvalue weighted by molar-refractivity contribution is -0.950. The zero-order valence-corrected chi connectivity index (χ0v) is 21.9. The van der Waals surface area contributed by atoms with Crippen molar-refractivity contribution in [3.63, 3.8) is 0 Å². The molecular weight excluding hydrogens is 502 g/mol. The Morgan fingerprint density at radius 1 is 0.585 bits per heavy atom. The zero-order valence-electron chi connectivity index (χ0n) is 21.9. The molecule has 0 amide bonds. The van der Waals surface area contributed by atoms with E-state index in [-0.39, 0.29) is 0 Å². The Balaban J connectivity index is 1.46. The summed E-state index contributed by atoms with van der Waals surface area (Å²) in [5.74, 6) is 1.85. The molecule has 1 spiro atoms. The highest BCUT2D eigenvalue weighted by molar-refractivity contribution is 6.21. The van der Waals surface area contributed by atoms with Crippen molar-refractivity contribution in [1.82, 2.24) is 4.40 Å². The molecule has 4 heteroatoms. The van der Waals surface area contributed by atoms with Crippen molar-refractivity contribution in [3.8, 4) is 33.9 Å². The van der Waals surface area contributed by atoms with Crippen LogP contribution in [0.15, 0.2) is 128 Å². The molecule has 0 bridgehead atoms. The first kappa shape index (κ1) is 20.4. The van der Waals surface area contributed by atoms with Gasteiger partial charge in [0.2, 0.25) is 11.2 Å². The molecule has 0 N–H and O–H groups in total. The minimum absolute atomic E-state index is 0.556. The Morgan fingerprint density at radius 2 is 1.39 bits per heavy atom. The first-order valence-corrected chi connectivity index (χ1v) is 14.1. The number of rotatable bonds is 1. The van der Waals surface area contributed by atoms with E-state index in [1.54, 1.807) is 0 Å². The number of hydrogen-bond acceptors (Lipinski definition) is 1. The van der Waals surface area contributed by atoms with Gasteiger partial charge in [-0.2, -0.15) is 0 Å². The maximum Gasteiger partial charge on any atom is 0.425 e. The largest absolute Gasteiger partial charge is 0.456 e. The van der Waals surface area contributed by atoms with E-state index in [1.165, 1.54) is 71.7 Å². The monoisotopic (exact) mass is 523 g/mol. The van der Waals surface area contributed by atoms with E-state index in [0.717, 1.165) is 11.5 Å². The summed E-state index contributed by atoms with van der Waals surface area (Å²) in [6.07, 6.45) is 4.51. The van der Waals surface area contributed by atoms with Crippen LogP contribution in [-0.4, -0.2) is 4.40 Å². The van der Waals surface area contributed by atoms with Gasteiger partial charge in [-0.05, 0) is 48.0 Å². The fraction of sp³-hybridized carbons (Fsp3) is 0.0270. The quantitative estimate of drug-likeness (QED) is 0.163. The minimum Gasteiger partial charge on any atom is -0.456 e. The van der Waals surface area contributed by atoms with Gasteiger partial charge in [-0.15, -0.1) is 9.13 Å². The van der Waals surface area contributed by atoms with Gasteiger partial charge in [0, 0.05) is 29.1 Å². The highest BCUT2D eigenvalue weighted by atomic mass is 16.5. The van der Waals surface area contributed by atoms with Crippen LogP contribution in [0.2, 0.25) is 0 Å². The third-order valence-corrected chi connectivity index (χ3v) is 9.59. The number of aromatic nitrogens is 3. The third kappa shape index (κ3) is 2.05. The summed E-state index contributed by atoms with van der Waals surface area (Å²) in [5, 5.41) is 3.77. The van der Waals surface area contributed by atoms with Crippen molar-refractivity contribution in [3.05, 3.63) is 139 Å². The fourth-order valence-electron chi connectivity index (χ4n) is 8.27. The Morgan fingerprint density at radius 3 is 2.34 bits per heavy atom. The SMILES string of the molecule is c1ccc(-c2c3ccccc3n3c4ccc5c6c4c4c(ccc[n+]4C64c6c(cccc6-c6cccc[n+]64)O5)c23)cc1. The topological polar surface area (TPSA) is 21.4 Å². The summed E-state index contributed by atoms with van der Waals surface area (Å²) in [6, 6.07) is 41.6. The van der Waals surface area contributed by atoms with Crippen LogP contribution in [0, 0.1) is 0 Å². The molecule has 0 saturated carbocycles. The second-order valence-corrected chi connectivity index (χ2v) is 11.3. The number of hydrogen-bond donors (Lipinski definition) is 0. The van der Waals surface area contributed by atoms with E-state index in [1.807, 2.05) is 0 Å². The molecule has 4 aromatic carbocycles. The zero-order chi connectivity index (χ0) is 26.4. The first-order chi connectivity index (χ1) is 20.4. The van der Waals surface area contributed by atoms with Crippen molar-refractivity contribution in [2.75, 3.05) is 0 Å². The average molecular weight is 524 g/mol. The maximum absolute atomic E-state index is 6.75. The smallest absolute Gasteiger partial charge is 0.425 e. The van der Waals surface area contributed by atoms with E-state index in [2.05, 4.69) is 141 Å². The maximum atomic E-state index is 6.75. The van der Waals surface area contributed by atoms with Crippen molar-refractivity contribution in [2.45, 2.75) is 5.66 Å². The number of pyridine rings is 3. The van der Waals surface area contributed by atoms with Crippen molar-refractivity contribution in [1.29, 1.82) is 0 Å². The lowest BCUT2D eigenvalue weighted by Crippen LogP contribution is -2.71. The molecular formula is C37H21N3O+2. The minimum atomic E-state index is -0.556. The standard InChI is InChI=1S/C37H21N3O/c1-2-10-22(11-3-1)31-23-12-4-5-16-27(23)40-28-18-19-30-34-32(28)35-25(36(31)40)14-9-21-39(35)37(34)33-24(13-8-17-29(33)41-30)26-15-6-7-20-38(26)37/h1-21H/q+2. The molecule has 1 unspecified atom stereocenters. The van der Waals surface area contributed by atoms with E-state index in [9.17, 15) is 0 Å². The van der Waals surface area contributed by atoms with Crippen molar-refractivity contribution >= 4 is 38.2 Å². The lowest BCUT2D eigenvalue weighted by atomic mass is 9.86. The Bertz CT molecular complexity index is 2510. The summed E-state index contributed by atoms with van der Waals surface area (Å²) in [6.45, 7) is 0. The van der Waals surface area contributed by atoms with Gasteiger partial charge in [0.25, 0.3) is 0 Å². The molecule has 0 fully saturated rings. The predicted octanol–water partition coefficient (Wildman–Crippen LogP) is 7.34. The molecule has 11 rings (SSSR count). The first-order valence-electron chi connectivity index (χ1n) is 14.1. The molecule has 3 aliphatic rings. The van der Waals surface area contributed by atoms with Crippen LogP contribution in [0.25, 0.3) is 60.6 Å². The molecule has 7 heterocycles. The van der Waals surface area contributed by atoms with Gasteiger partial charge in [0.15, 0.2) is 23.5 Å². The van der Waals surface area contributed by atoms with Crippen LogP contribution in [-0.2, 0) is 5.66 Å². The van der Waals surface area contributed by atoms with Crippen LogP contribution >= 0.6 is 0 Å². The molecule has 188 valence electrons. The molecule has 0 radical (unpaired) electrons. The molecule has 0 saturated heterocycles. The third-order valence-electron chi connectivity index (χ3n) is 9.59. The van der Waals surface area contributed by atoms with Crippen molar-refractivity contribution in [2.24, 2.45) is 0 Å². The molecule has 3 aliphatic heterocycles. The van der Waals surface area contributed by atoms with Crippen LogP contribution < -0.4 is 13.9 Å². The fourth-order valence-corrected chi connectivity index (χ4v) is 8.27. The Hall–Kier alpha value is -5.48. The Labute approximate surface area is 234 Å². The highest BCUT2D eigenvalue weighted by Gasteiger charge is 2.70. The molecule has 0 aliphatic carbocycles. The van der Waals surface area contributed by atoms with Gasteiger partial charge in [-0.3, -0.25) is 0 Å². The number of nitrogens with zero attached hydrogens (tertiary/aromatic N) is 3. The molecule has 4 aromatic heterocycles. The summed E-state index contributed by atoms with van der Waals surface area (Å²) < 4.78 is 14.2. The predicted molar refractivity (Wildman–Crippen MR) is 159 cm³/mol. The molecule has 8 aromatic rings. The van der Waals surface area contributed by atoms with Gasteiger partial charge in [-0.1, -0.05) is 54.6 Å². The number of ether oxygens (including phenoxy) is 1. The lowest BCUT2D eigenvalue weighted by Gasteiger charge is -2.25. The van der Waals surface area contributed by atoms with Gasteiger partial charge >= 0.3 is 5.66 Å². The summed E-state index contributed by atoms with van der Waals surface area (Å²) in [4.78, 5) is 0. The van der Waals surface area contributed by atoms with Crippen LogP contribution in [0.3, 0.4) is 0 Å². The highest BCUT2D eigenvalue weighted by Crippen LogP contribution is 2.57. The normalized spacial score (nSPS) is 17.1. The van der Waals surface area contributed by atoms with E-state index in [0.29, 0.717) is 0 Å². The van der Waals surface area contributed by atoms with Gasteiger partial charge in [0.1, 0.15) is 11.5 Å². The second-order valence-electron chi connectivity index (χ2n) is 11.3. The van der Waals surface area contributed by atoms with Crippen molar-refractivity contribution < 1.29 is 13.9 Å². The number of benzene rings is 4. The summed E-state index contributed by atoms with van der Waals surface area (Å²) in [5.41, 5.74) is 11.7. The summed E-state index contributed by atoms with van der Waals surface area (Å²) >= 11 is 0. The molecule has 4 nitrogen and oxygen atoms in total. The van der Waals surface area contributed by atoms with Gasteiger partial charge in [0.05, 0.1) is 32.9 Å². The number of para-hydroxylation sites is 1. The van der Waals surface area contributed by atoms with E-state index < -0.39 is 5.66 Å². The van der Waals surface area contributed by atoms with Crippen LogP contribution in [0.5, 0.6) is 11.5 Å². The summed E-state index contributed by atoms with van der Waals surface area (Å²) in [7, 11) is 0. The van der Waals surface area contributed by atoms with Crippen LogP contribution in [0.1, 0.15) is 11.1 Å².